The van der Waals surface area contributed by atoms with Gasteiger partial charge in [-0.25, -0.2) is 5.43 Å². The van der Waals surface area contributed by atoms with E-state index >= 15 is 0 Å². The molecule has 2 aromatic rings. The summed E-state index contributed by atoms with van der Waals surface area (Å²) in [6, 6.07) is 7.57. The van der Waals surface area contributed by atoms with Gasteiger partial charge in [-0.3, -0.25) is 4.79 Å². The molecule has 0 saturated carbocycles. The Morgan fingerprint density at radius 1 is 1.52 bits per heavy atom. The molecule has 0 spiro atoms. The summed E-state index contributed by atoms with van der Waals surface area (Å²) in [5, 5.41) is 17.7. The van der Waals surface area contributed by atoms with Crippen molar-refractivity contribution < 1.29 is 9.72 Å². The zero-order chi connectivity index (χ0) is 15.2. The van der Waals surface area contributed by atoms with Gasteiger partial charge in [0.25, 0.3) is 5.91 Å². The Labute approximate surface area is 119 Å². The molecule has 9 heteroatoms. The predicted octanol–water partition coefficient (Wildman–Crippen LogP) is 0.645. The van der Waals surface area contributed by atoms with E-state index in [4.69, 9.17) is 0 Å². The number of nitro groups is 1. The molecule has 1 amide bonds. The molecule has 2 rings (SSSR count). The normalized spacial score (nSPS) is 10.7. The summed E-state index contributed by atoms with van der Waals surface area (Å²) in [6.45, 7) is 1.73. The van der Waals surface area contributed by atoms with Crippen molar-refractivity contribution >= 4 is 18.1 Å². The first-order valence-electron chi connectivity index (χ1n) is 5.97. The van der Waals surface area contributed by atoms with Crippen LogP contribution in [-0.2, 0) is 11.3 Å². The number of hydrazone groups is 1. The Kier molecular flexibility index (Phi) is 4.34. The maximum Gasteiger partial charge on any atom is 0.490 e. The second-order valence-electron chi connectivity index (χ2n) is 4.15. The first-order chi connectivity index (χ1) is 10.1. The fourth-order valence-electron chi connectivity index (χ4n) is 1.53. The third-order valence-electron chi connectivity index (χ3n) is 2.57. The van der Waals surface area contributed by atoms with E-state index in [1.807, 2.05) is 31.2 Å². The van der Waals surface area contributed by atoms with Crippen LogP contribution in [0.1, 0.15) is 11.1 Å². The molecule has 1 heterocycles. The summed E-state index contributed by atoms with van der Waals surface area (Å²) in [4.78, 5) is 24.7. The van der Waals surface area contributed by atoms with Crippen LogP contribution in [0.25, 0.3) is 0 Å². The lowest BCUT2D eigenvalue weighted by atomic mass is 10.1. The highest BCUT2D eigenvalue weighted by atomic mass is 16.6. The smallest absolute Gasteiger partial charge is 0.390 e. The van der Waals surface area contributed by atoms with E-state index in [-0.39, 0.29) is 6.54 Å². The number of carbonyl (C=O) groups excluding carboxylic acids is 1. The van der Waals surface area contributed by atoms with Gasteiger partial charge in [-0.2, -0.15) is 9.78 Å². The van der Waals surface area contributed by atoms with Crippen molar-refractivity contribution in [1.82, 2.24) is 20.2 Å². The molecule has 1 N–H and O–H groups in total. The molecule has 0 atom stereocenters. The van der Waals surface area contributed by atoms with E-state index in [1.165, 1.54) is 6.21 Å². The largest absolute Gasteiger partial charge is 0.490 e. The van der Waals surface area contributed by atoms with Crippen molar-refractivity contribution in [2.75, 3.05) is 0 Å². The van der Waals surface area contributed by atoms with Gasteiger partial charge in [0.2, 0.25) is 6.33 Å². The van der Waals surface area contributed by atoms with Gasteiger partial charge in [0.1, 0.15) is 6.54 Å². The molecule has 0 aliphatic rings. The molecular weight excluding hydrogens is 276 g/mol. The summed E-state index contributed by atoms with van der Waals surface area (Å²) in [7, 11) is 0. The fourth-order valence-corrected chi connectivity index (χ4v) is 1.53. The first-order valence-corrected chi connectivity index (χ1v) is 5.97. The second kappa shape index (κ2) is 6.37. The standard InChI is InChI=1S/C12H12N6O3/c1-9-4-2-3-5-10(9)6-14-15-11(19)7-17-8-13-12(16-17)18(20)21/h2-6,8H,7H2,1H3,(H,15,19)/b14-6-. The van der Waals surface area contributed by atoms with Crippen LogP contribution in [0.4, 0.5) is 5.95 Å². The molecular formula is C12H12N6O3. The van der Waals surface area contributed by atoms with Crippen LogP contribution < -0.4 is 5.43 Å². The number of hydrogen-bond donors (Lipinski definition) is 1. The monoisotopic (exact) mass is 288 g/mol. The van der Waals surface area contributed by atoms with Crippen LogP contribution in [0.15, 0.2) is 35.7 Å². The minimum absolute atomic E-state index is 0.202. The van der Waals surface area contributed by atoms with Crippen LogP contribution in [0.2, 0.25) is 0 Å². The molecule has 0 bridgehead atoms. The Morgan fingerprint density at radius 2 is 2.29 bits per heavy atom. The van der Waals surface area contributed by atoms with Crippen LogP contribution in [0, 0.1) is 17.0 Å². The Bertz CT molecular complexity index is 694. The van der Waals surface area contributed by atoms with E-state index in [0.717, 1.165) is 22.1 Å². The van der Waals surface area contributed by atoms with Crippen molar-refractivity contribution in [3.8, 4) is 0 Å². The molecule has 0 unspecified atom stereocenters. The molecule has 1 aromatic carbocycles. The lowest BCUT2D eigenvalue weighted by Gasteiger charge is -1.99. The third kappa shape index (κ3) is 3.93. The number of hydrogen-bond acceptors (Lipinski definition) is 6. The Hall–Kier alpha value is -3.10. The quantitative estimate of drug-likeness (QED) is 0.492. The summed E-state index contributed by atoms with van der Waals surface area (Å²) in [6.07, 6.45) is 2.64. The number of nitrogens with one attached hydrogen (secondary N) is 1. The van der Waals surface area contributed by atoms with E-state index < -0.39 is 16.8 Å². The molecule has 0 aliphatic heterocycles. The van der Waals surface area contributed by atoms with E-state index in [1.54, 1.807) is 0 Å². The maximum atomic E-state index is 11.6. The number of amides is 1. The zero-order valence-corrected chi connectivity index (χ0v) is 11.1. The number of aromatic nitrogens is 3. The number of nitrogens with zero attached hydrogens (tertiary/aromatic N) is 5. The van der Waals surface area contributed by atoms with Gasteiger partial charge < -0.3 is 10.1 Å². The Balaban J connectivity index is 1.90. The van der Waals surface area contributed by atoms with Crippen LogP contribution >= 0.6 is 0 Å². The van der Waals surface area contributed by atoms with E-state index in [2.05, 4.69) is 20.6 Å². The number of aryl methyl sites for hydroxylation is 1. The van der Waals surface area contributed by atoms with Crippen molar-refractivity contribution in [3.63, 3.8) is 0 Å². The fraction of sp³-hybridized carbons (Fsp3) is 0.167. The van der Waals surface area contributed by atoms with E-state index in [0.29, 0.717) is 0 Å². The van der Waals surface area contributed by atoms with Gasteiger partial charge in [0.05, 0.1) is 6.21 Å². The molecule has 1 aromatic heterocycles. The highest BCUT2D eigenvalue weighted by Gasteiger charge is 2.14. The summed E-state index contributed by atoms with van der Waals surface area (Å²) < 4.78 is 1.07. The van der Waals surface area contributed by atoms with Gasteiger partial charge in [0, 0.05) is 5.10 Å². The van der Waals surface area contributed by atoms with Crippen molar-refractivity contribution in [1.29, 1.82) is 0 Å². The minimum atomic E-state index is -0.731. The third-order valence-corrected chi connectivity index (χ3v) is 2.57. The highest BCUT2D eigenvalue weighted by molar-refractivity contribution is 5.83. The number of rotatable bonds is 5. The number of benzene rings is 1. The van der Waals surface area contributed by atoms with Crippen molar-refractivity contribution in [3.05, 3.63) is 51.8 Å². The van der Waals surface area contributed by atoms with Crippen LogP contribution in [-0.4, -0.2) is 31.8 Å². The molecule has 0 aliphatic carbocycles. The topological polar surface area (TPSA) is 115 Å². The summed E-state index contributed by atoms with van der Waals surface area (Å²) >= 11 is 0. The van der Waals surface area contributed by atoms with Crippen molar-refractivity contribution in [2.24, 2.45) is 5.10 Å². The average Bonchev–Trinajstić information content (AvgIpc) is 2.89. The summed E-state index contributed by atoms with van der Waals surface area (Å²) in [5.74, 6) is -1.01. The maximum absolute atomic E-state index is 11.6. The van der Waals surface area contributed by atoms with Gasteiger partial charge in [-0.05, 0) is 23.0 Å². The SMILES string of the molecule is Cc1ccccc1/C=N\NC(=O)Cn1cnc([N+](=O)[O-])n1. The van der Waals surface area contributed by atoms with Gasteiger partial charge >= 0.3 is 5.95 Å². The lowest BCUT2D eigenvalue weighted by molar-refractivity contribution is -0.394. The van der Waals surface area contributed by atoms with Gasteiger partial charge in [0.15, 0.2) is 0 Å². The van der Waals surface area contributed by atoms with E-state index in [9.17, 15) is 14.9 Å². The predicted molar refractivity (Wildman–Crippen MR) is 73.6 cm³/mol. The average molecular weight is 288 g/mol. The molecule has 9 nitrogen and oxygen atoms in total. The zero-order valence-electron chi connectivity index (χ0n) is 11.1. The van der Waals surface area contributed by atoms with Crippen LogP contribution in [0.3, 0.4) is 0 Å². The Morgan fingerprint density at radius 3 is 2.95 bits per heavy atom. The summed E-state index contributed by atoms with van der Waals surface area (Å²) in [5.41, 5.74) is 4.23. The molecule has 21 heavy (non-hydrogen) atoms. The molecule has 0 saturated heterocycles. The first kappa shape index (κ1) is 14.3. The molecule has 108 valence electrons. The minimum Gasteiger partial charge on any atom is -0.390 e. The highest BCUT2D eigenvalue weighted by Crippen LogP contribution is 2.03. The van der Waals surface area contributed by atoms with Gasteiger partial charge in [-0.15, -0.1) is 0 Å². The van der Waals surface area contributed by atoms with Gasteiger partial charge in [-0.1, -0.05) is 29.2 Å². The second-order valence-corrected chi connectivity index (χ2v) is 4.15. The lowest BCUT2D eigenvalue weighted by Crippen LogP contribution is -2.23. The van der Waals surface area contributed by atoms with Crippen LogP contribution in [0.5, 0.6) is 0 Å². The number of carbonyl (C=O) groups is 1. The molecule has 0 radical (unpaired) electrons. The molecule has 0 fully saturated rings. The van der Waals surface area contributed by atoms with Crippen molar-refractivity contribution in [2.45, 2.75) is 13.5 Å².